The van der Waals surface area contributed by atoms with Crippen molar-refractivity contribution in [3.8, 4) is 0 Å². The number of aliphatic hydroxyl groups is 1. The molecule has 0 radical (unpaired) electrons. The molecule has 1 fully saturated rings. The number of rotatable bonds is 4. The highest BCUT2D eigenvalue weighted by atomic mass is 16.3. The minimum absolute atomic E-state index is 0.307. The zero-order valence-corrected chi connectivity index (χ0v) is 9.50. The van der Waals surface area contributed by atoms with Crippen LogP contribution in [0.3, 0.4) is 0 Å². The fourth-order valence-electron chi connectivity index (χ4n) is 2.12. The van der Waals surface area contributed by atoms with Crippen molar-refractivity contribution in [1.82, 2.24) is 4.90 Å². The lowest BCUT2D eigenvalue weighted by atomic mass is 9.95. The third-order valence-electron chi connectivity index (χ3n) is 3.38. The molecule has 1 atom stereocenters. The summed E-state index contributed by atoms with van der Waals surface area (Å²) in [5, 5.41) is 10.2. The highest BCUT2D eigenvalue weighted by Gasteiger charge is 2.27. The van der Waals surface area contributed by atoms with E-state index in [1.165, 1.54) is 6.42 Å². The van der Waals surface area contributed by atoms with Crippen LogP contribution in [0, 0.1) is 0 Å². The quantitative estimate of drug-likeness (QED) is 0.710. The molecule has 0 amide bonds. The number of hydrogen-bond acceptors (Lipinski definition) is 3. The molecule has 0 saturated carbocycles. The van der Waals surface area contributed by atoms with Crippen LogP contribution >= 0.6 is 0 Å². The van der Waals surface area contributed by atoms with Crippen LogP contribution in [0.5, 0.6) is 0 Å². The smallest absolute Gasteiger partial charge is 0.0768 e. The van der Waals surface area contributed by atoms with Crippen LogP contribution in [-0.2, 0) is 0 Å². The van der Waals surface area contributed by atoms with Crippen molar-refractivity contribution in [2.45, 2.75) is 51.2 Å². The van der Waals surface area contributed by atoms with Crippen molar-refractivity contribution in [1.29, 1.82) is 0 Å². The molecule has 0 aromatic carbocycles. The first kappa shape index (κ1) is 12.0. The summed E-state index contributed by atoms with van der Waals surface area (Å²) < 4.78 is 0. The van der Waals surface area contributed by atoms with Gasteiger partial charge in [0.15, 0.2) is 0 Å². The Hall–Kier alpha value is -0.120. The maximum atomic E-state index is 10.2. The van der Waals surface area contributed by atoms with E-state index < -0.39 is 5.60 Å². The van der Waals surface area contributed by atoms with Gasteiger partial charge in [-0.15, -0.1) is 0 Å². The molecule has 1 aliphatic rings. The molecule has 84 valence electrons. The van der Waals surface area contributed by atoms with E-state index in [9.17, 15) is 5.11 Å². The molecule has 0 bridgehead atoms. The molecule has 3 nitrogen and oxygen atoms in total. The van der Waals surface area contributed by atoms with Crippen LogP contribution in [0.4, 0.5) is 0 Å². The van der Waals surface area contributed by atoms with Gasteiger partial charge < -0.3 is 10.8 Å². The van der Waals surface area contributed by atoms with Crippen molar-refractivity contribution < 1.29 is 5.11 Å². The van der Waals surface area contributed by atoms with E-state index in [0.717, 1.165) is 38.9 Å². The van der Waals surface area contributed by atoms with Gasteiger partial charge in [0.2, 0.25) is 0 Å². The molecular weight excluding hydrogens is 176 g/mol. The van der Waals surface area contributed by atoms with Crippen molar-refractivity contribution in [3.05, 3.63) is 0 Å². The molecule has 1 saturated heterocycles. The topological polar surface area (TPSA) is 49.5 Å². The van der Waals surface area contributed by atoms with Crippen LogP contribution in [0.15, 0.2) is 0 Å². The molecular formula is C11H24N2O. The third-order valence-corrected chi connectivity index (χ3v) is 3.38. The van der Waals surface area contributed by atoms with Crippen LogP contribution < -0.4 is 5.73 Å². The molecule has 0 spiro atoms. The molecule has 1 rings (SSSR count). The summed E-state index contributed by atoms with van der Waals surface area (Å²) in [7, 11) is 0. The Morgan fingerprint density at radius 1 is 1.43 bits per heavy atom. The summed E-state index contributed by atoms with van der Waals surface area (Å²) in [6.45, 7) is 6.92. The molecule has 0 aromatic heterocycles. The van der Waals surface area contributed by atoms with Gasteiger partial charge in [-0.1, -0.05) is 13.8 Å². The predicted molar refractivity (Wildman–Crippen MR) is 59.2 cm³/mol. The van der Waals surface area contributed by atoms with E-state index in [2.05, 4.69) is 4.90 Å². The summed E-state index contributed by atoms with van der Waals surface area (Å²) in [4.78, 5) is 2.31. The van der Waals surface area contributed by atoms with E-state index in [-0.39, 0.29) is 0 Å². The van der Waals surface area contributed by atoms with Gasteiger partial charge in [-0.25, -0.2) is 0 Å². The number of likely N-dealkylation sites (tertiary alicyclic amines) is 1. The van der Waals surface area contributed by atoms with E-state index in [0.29, 0.717) is 6.04 Å². The molecule has 1 heterocycles. The molecule has 3 N–H and O–H groups in total. The standard InChI is InChI=1S/C11H24N2O/c1-3-11(14,4-2)9-13-7-5-6-10(12)8-13/h10,14H,3-9,12H2,1-2H3/t10-/m1/s1. The summed E-state index contributed by atoms with van der Waals surface area (Å²) >= 11 is 0. The highest BCUT2D eigenvalue weighted by molar-refractivity contribution is 4.83. The SMILES string of the molecule is CCC(O)(CC)CN1CCC[C@@H](N)C1. The second-order valence-corrected chi connectivity index (χ2v) is 4.57. The Morgan fingerprint density at radius 3 is 2.57 bits per heavy atom. The Bertz CT molecular complexity index is 169. The Kier molecular flexibility index (Phi) is 4.35. The Balaban J connectivity index is 2.41. The van der Waals surface area contributed by atoms with Crippen LogP contribution in [0.25, 0.3) is 0 Å². The van der Waals surface area contributed by atoms with Gasteiger partial charge in [0.1, 0.15) is 0 Å². The van der Waals surface area contributed by atoms with E-state index in [1.807, 2.05) is 13.8 Å². The van der Waals surface area contributed by atoms with Crippen LogP contribution in [0.2, 0.25) is 0 Å². The lowest BCUT2D eigenvalue weighted by Gasteiger charge is -2.37. The summed E-state index contributed by atoms with van der Waals surface area (Å²) in [6, 6.07) is 0.307. The summed E-state index contributed by atoms with van der Waals surface area (Å²) in [5.74, 6) is 0. The maximum absolute atomic E-state index is 10.2. The van der Waals surface area contributed by atoms with Gasteiger partial charge >= 0.3 is 0 Å². The van der Waals surface area contributed by atoms with E-state index in [4.69, 9.17) is 5.73 Å². The highest BCUT2D eigenvalue weighted by Crippen LogP contribution is 2.18. The number of piperidine rings is 1. The lowest BCUT2D eigenvalue weighted by molar-refractivity contribution is -0.00944. The van der Waals surface area contributed by atoms with Gasteiger partial charge in [0, 0.05) is 19.1 Å². The fraction of sp³-hybridized carbons (Fsp3) is 1.00. The monoisotopic (exact) mass is 200 g/mol. The van der Waals surface area contributed by atoms with E-state index in [1.54, 1.807) is 0 Å². The number of hydrogen-bond donors (Lipinski definition) is 2. The van der Waals surface area contributed by atoms with Gasteiger partial charge in [-0.2, -0.15) is 0 Å². The molecule has 0 aromatic rings. The first-order valence-electron chi connectivity index (χ1n) is 5.80. The Labute approximate surface area is 87.3 Å². The largest absolute Gasteiger partial charge is 0.389 e. The molecule has 3 heteroatoms. The van der Waals surface area contributed by atoms with E-state index >= 15 is 0 Å². The van der Waals surface area contributed by atoms with Crippen LogP contribution in [-0.4, -0.2) is 41.3 Å². The number of β-amino-alcohol motifs (C(OH)–C–C–N with tert-alkyl or cyclic N) is 1. The number of nitrogens with two attached hydrogens (primary N) is 1. The maximum Gasteiger partial charge on any atom is 0.0768 e. The molecule has 0 unspecified atom stereocenters. The lowest BCUT2D eigenvalue weighted by Crippen LogP contribution is -2.49. The molecule has 14 heavy (non-hydrogen) atoms. The van der Waals surface area contributed by atoms with Gasteiger partial charge in [0.05, 0.1) is 5.60 Å². The summed E-state index contributed by atoms with van der Waals surface area (Å²) in [5.41, 5.74) is 5.40. The first-order valence-corrected chi connectivity index (χ1v) is 5.80. The normalized spacial score (nSPS) is 25.3. The van der Waals surface area contributed by atoms with Gasteiger partial charge in [-0.3, -0.25) is 4.90 Å². The fourth-order valence-corrected chi connectivity index (χ4v) is 2.12. The molecule has 0 aliphatic carbocycles. The Morgan fingerprint density at radius 2 is 2.07 bits per heavy atom. The van der Waals surface area contributed by atoms with Crippen molar-refractivity contribution >= 4 is 0 Å². The van der Waals surface area contributed by atoms with Gasteiger partial charge in [-0.05, 0) is 32.2 Å². The van der Waals surface area contributed by atoms with Crippen molar-refractivity contribution in [2.24, 2.45) is 5.73 Å². The first-order chi connectivity index (χ1) is 6.59. The van der Waals surface area contributed by atoms with Crippen LogP contribution in [0.1, 0.15) is 39.5 Å². The zero-order chi connectivity index (χ0) is 10.6. The van der Waals surface area contributed by atoms with Gasteiger partial charge in [0.25, 0.3) is 0 Å². The predicted octanol–water partition coefficient (Wildman–Crippen LogP) is 0.961. The molecule has 1 aliphatic heterocycles. The van der Waals surface area contributed by atoms with Crippen molar-refractivity contribution in [2.75, 3.05) is 19.6 Å². The minimum atomic E-state index is -0.503. The van der Waals surface area contributed by atoms with Crippen molar-refractivity contribution in [3.63, 3.8) is 0 Å². The minimum Gasteiger partial charge on any atom is -0.389 e. The number of nitrogens with zero attached hydrogens (tertiary/aromatic N) is 1. The average Bonchev–Trinajstić information content (AvgIpc) is 2.18. The third kappa shape index (κ3) is 3.23. The average molecular weight is 200 g/mol. The second kappa shape index (κ2) is 5.10. The zero-order valence-electron chi connectivity index (χ0n) is 9.50. The second-order valence-electron chi connectivity index (χ2n) is 4.57. The summed E-state index contributed by atoms with van der Waals surface area (Å²) in [6.07, 6.45) is 3.96.